The van der Waals surface area contributed by atoms with E-state index in [4.69, 9.17) is 4.42 Å². The lowest BCUT2D eigenvalue weighted by Gasteiger charge is -2.11. The third kappa shape index (κ3) is 4.84. The molecule has 128 valence electrons. The average Bonchev–Trinajstić information content (AvgIpc) is 3.22. The summed E-state index contributed by atoms with van der Waals surface area (Å²) in [5, 5.41) is 8.90. The molecule has 1 aromatic carbocycles. The number of amides is 2. The zero-order chi connectivity index (χ0) is 16.1. The minimum Gasteiger partial charge on any atom is -0.459 e. The highest BCUT2D eigenvalue weighted by molar-refractivity contribution is 6.02. The highest BCUT2D eigenvalue weighted by Gasteiger charge is 2.17. The Morgan fingerprint density at radius 3 is 2.42 bits per heavy atom. The smallest absolute Gasteiger partial charge is 0.291 e. The summed E-state index contributed by atoms with van der Waals surface area (Å²) >= 11 is 0. The largest absolute Gasteiger partial charge is 0.459 e. The maximum absolute atomic E-state index is 12.0. The lowest BCUT2D eigenvalue weighted by molar-refractivity contribution is -0.116. The van der Waals surface area contributed by atoms with Crippen LogP contribution in [0.5, 0.6) is 0 Å². The Morgan fingerprint density at radius 1 is 1.12 bits per heavy atom. The molecule has 7 heteroatoms. The first kappa shape index (κ1) is 18.0. The van der Waals surface area contributed by atoms with Crippen LogP contribution >= 0.6 is 12.4 Å². The second kappa shape index (κ2) is 8.52. The molecule has 2 heterocycles. The molecular formula is C17H20ClN3O3. The van der Waals surface area contributed by atoms with Crippen LogP contribution in [0.2, 0.25) is 0 Å². The second-order valence-electron chi connectivity index (χ2n) is 5.55. The molecule has 3 N–H and O–H groups in total. The van der Waals surface area contributed by atoms with Crippen molar-refractivity contribution in [2.75, 3.05) is 17.2 Å². The molecule has 3 rings (SSSR count). The number of nitrogens with one attached hydrogen (secondary N) is 3. The van der Waals surface area contributed by atoms with Crippen molar-refractivity contribution in [3.63, 3.8) is 0 Å². The van der Waals surface area contributed by atoms with Gasteiger partial charge in [-0.2, -0.15) is 0 Å². The van der Waals surface area contributed by atoms with E-state index in [9.17, 15) is 9.59 Å². The van der Waals surface area contributed by atoms with Gasteiger partial charge in [-0.05, 0) is 55.8 Å². The summed E-state index contributed by atoms with van der Waals surface area (Å²) in [4.78, 5) is 23.8. The van der Waals surface area contributed by atoms with Crippen LogP contribution in [0.3, 0.4) is 0 Å². The van der Waals surface area contributed by atoms with Crippen molar-refractivity contribution in [2.24, 2.45) is 0 Å². The molecule has 1 unspecified atom stereocenters. The van der Waals surface area contributed by atoms with Crippen LogP contribution in [0.1, 0.15) is 29.8 Å². The number of halogens is 1. The Hall–Kier alpha value is -2.31. The van der Waals surface area contributed by atoms with Crippen molar-refractivity contribution >= 4 is 35.6 Å². The lowest BCUT2D eigenvalue weighted by atomic mass is 10.1. The van der Waals surface area contributed by atoms with Crippen molar-refractivity contribution in [3.05, 3.63) is 48.4 Å². The number of anilines is 2. The number of hydrogen-bond donors (Lipinski definition) is 3. The van der Waals surface area contributed by atoms with Crippen LogP contribution in [0.15, 0.2) is 47.1 Å². The molecule has 0 saturated carbocycles. The summed E-state index contributed by atoms with van der Waals surface area (Å²) in [6.45, 7) is 0.988. The maximum atomic E-state index is 12.0. The van der Waals surface area contributed by atoms with Gasteiger partial charge < -0.3 is 20.4 Å². The van der Waals surface area contributed by atoms with E-state index in [2.05, 4.69) is 16.0 Å². The number of carbonyl (C=O) groups is 2. The standard InChI is InChI=1S/C17H19N3O3.ClH/c21-16(11-14-3-1-9-18-14)19-12-5-7-13(8-6-12)20-17(22)15-4-2-10-23-15;/h2,4-8,10,14,18H,1,3,9,11H2,(H,19,21)(H,20,22);1H. The first-order valence-electron chi connectivity index (χ1n) is 7.69. The summed E-state index contributed by atoms with van der Waals surface area (Å²) in [6, 6.07) is 10.5. The molecule has 1 aliphatic rings. The third-order valence-corrected chi connectivity index (χ3v) is 3.77. The monoisotopic (exact) mass is 349 g/mol. The van der Waals surface area contributed by atoms with E-state index in [0.29, 0.717) is 17.8 Å². The molecule has 6 nitrogen and oxygen atoms in total. The molecule has 24 heavy (non-hydrogen) atoms. The van der Waals surface area contributed by atoms with Gasteiger partial charge in [-0.3, -0.25) is 9.59 Å². The van der Waals surface area contributed by atoms with E-state index in [1.165, 1.54) is 6.26 Å². The Balaban J connectivity index is 0.00000208. The number of benzene rings is 1. The van der Waals surface area contributed by atoms with E-state index in [0.717, 1.165) is 19.4 Å². The zero-order valence-electron chi connectivity index (χ0n) is 13.1. The fraction of sp³-hybridized carbons (Fsp3) is 0.294. The first-order valence-corrected chi connectivity index (χ1v) is 7.69. The molecule has 0 spiro atoms. The highest BCUT2D eigenvalue weighted by atomic mass is 35.5. The molecule has 1 fully saturated rings. The summed E-state index contributed by atoms with van der Waals surface area (Å²) in [5.74, 6) is -0.0534. The third-order valence-electron chi connectivity index (χ3n) is 3.77. The molecule has 2 amide bonds. The second-order valence-corrected chi connectivity index (χ2v) is 5.55. The average molecular weight is 350 g/mol. The first-order chi connectivity index (χ1) is 11.2. The van der Waals surface area contributed by atoms with Crippen LogP contribution in [0.25, 0.3) is 0 Å². The predicted octanol–water partition coefficient (Wildman–Crippen LogP) is 3.03. The van der Waals surface area contributed by atoms with Gasteiger partial charge in [0.25, 0.3) is 5.91 Å². The van der Waals surface area contributed by atoms with E-state index in [1.54, 1.807) is 36.4 Å². The lowest BCUT2D eigenvalue weighted by Crippen LogP contribution is -2.27. The Bertz CT molecular complexity index is 665. The van der Waals surface area contributed by atoms with Crippen molar-refractivity contribution in [3.8, 4) is 0 Å². The predicted molar refractivity (Wildman–Crippen MR) is 94.6 cm³/mol. The van der Waals surface area contributed by atoms with Gasteiger partial charge in [0.15, 0.2) is 5.76 Å². The molecule has 1 atom stereocenters. The van der Waals surface area contributed by atoms with Gasteiger partial charge >= 0.3 is 0 Å². The van der Waals surface area contributed by atoms with Crippen LogP contribution in [-0.4, -0.2) is 24.4 Å². The molecule has 1 aromatic heterocycles. The molecule has 0 radical (unpaired) electrons. The molecule has 0 bridgehead atoms. The van der Waals surface area contributed by atoms with Crippen molar-refractivity contribution < 1.29 is 14.0 Å². The Labute approximate surface area is 146 Å². The van der Waals surface area contributed by atoms with Gasteiger partial charge in [0.1, 0.15) is 0 Å². The highest BCUT2D eigenvalue weighted by Crippen LogP contribution is 2.16. The summed E-state index contributed by atoms with van der Waals surface area (Å²) in [6.07, 6.45) is 4.11. The molecule has 1 saturated heterocycles. The van der Waals surface area contributed by atoms with Gasteiger partial charge in [0, 0.05) is 23.8 Å². The number of rotatable bonds is 5. The van der Waals surface area contributed by atoms with Crippen LogP contribution in [0.4, 0.5) is 11.4 Å². The normalized spacial score (nSPS) is 16.2. The topological polar surface area (TPSA) is 83.4 Å². The van der Waals surface area contributed by atoms with Gasteiger partial charge in [-0.15, -0.1) is 12.4 Å². The SMILES string of the molecule is Cl.O=C(CC1CCCN1)Nc1ccc(NC(=O)c2ccco2)cc1. The summed E-state index contributed by atoms with van der Waals surface area (Å²) in [7, 11) is 0. The van der Waals surface area contributed by atoms with Crippen molar-refractivity contribution in [1.82, 2.24) is 5.32 Å². The fourth-order valence-electron chi connectivity index (χ4n) is 2.60. The molecular weight excluding hydrogens is 330 g/mol. The van der Waals surface area contributed by atoms with Crippen LogP contribution in [0, 0.1) is 0 Å². The number of carbonyl (C=O) groups excluding carboxylic acids is 2. The van der Waals surface area contributed by atoms with Gasteiger partial charge in [-0.1, -0.05) is 0 Å². The van der Waals surface area contributed by atoms with Gasteiger partial charge in [0.2, 0.25) is 5.91 Å². The van der Waals surface area contributed by atoms with Gasteiger partial charge in [-0.25, -0.2) is 0 Å². The number of hydrogen-bond acceptors (Lipinski definition) is 4. The Morgan fingerprint density at radius 2 is 1.83 bits per heavy atom. The van der Waals surface area contributed by atoms with E-state index in [-0.39, 0.29) is 36.0 Å². The molecule has 0 aliphatic carbocycles. The van der Waals surface area contributed by atoms with Crippen molar-refractivity contribution in [2.45, 2.75) is 25.3 Å². The minimum absolute atomic E-state index is 0. The Kier molecular flexibility index (Phi) is 6.40. The van der Waals surface area contributed by atoms with Crippen LogP contribution in [-0.2, 0) is 4.79 Å². The van der Waals surface area contributed by atoms with E-state index in [1.807, 2.05) is 0 Å². The zero-order valence-corrected chi connectivity index (χ0v) is 13.9. The van der Waals surface area contributed by atoms with E-state index >= 15 is 0 Å². The van der Waals surface area contributed by atoms with Gasteiger partial charge in [0.05, 0.1) is 6.26 Å². The quantitative estimate of drug-likeness (QED) is 0.774. The van der Waals surface area contributed by atoms with Crippen LogP contribution < -0.4 is 16.0 Å². The molecule has 1 aliphatic heterocycles. The minimum atomic E-state index is -0.306. The summed E-state index contributed by atoms with van der Waals surface area (Å²) in [5.41, 5.74) is 1.35. The summed E-state index contributed by atoms with van der Waals surface area (Å²) < 4.78 is 5.03. The fourth-order valence-corrected chi connectivity index (χ4v) is 2.60. The van der Waals surface area contributed by atoms with Crippen molar-refractivity contribution in [1.29, 1.82) is 0 Å². The molecule has 2 aromatic rings. The van der Waals surface area contributed by atoms with E-state index < -0.39 is 0 Å². The number of furan rings is 1. The maximum Gasteiger partial charge on any atom is 0.291 e.